The van der Waals surface area contributed by atoms with E-state index in [-0.39, 0.29) is 23.7 Å². The largest absolute Gasteiger partial charge is 0.504 e. The van der Waals surface area contributed by atoms with Crippen molar-refractivity contribution in [3.8, 4) is 11.5 Å². The van der Waals surface area contributed by atoms with Crippen LogP contribution in [0.2, 0.25) is 0 Å². The molecule has 31 heavy (non-hydrogen) atoms. The van der Waals surface area contributed by atoms with E-state index < -0.39 is 17.1 Å². The molecule has 1 saturated heterocycles. The third-order valence-electron chi connectivity index (χ3n) is 8.06. The number of aromatic hydroxyl groups is 1. The van der Waals surface area contributed by atoms with Crippen molar-refractivity contribution in [1.82, 2.24) is 10.2 Å². The first kappa shape index (κ1) is 19.0. The second-order valence-electron chi connectivity index (χ2n) is 9.29. The summed E-state index contributed by atoms with van der Waals surface area (Å²) in [5.74, 6) is 0.468. The number of hydrogen-bond acceptors (Lipinski definition) is 6. The lowest BCUT2D eigenvalue weighted by Gasteiger charge is -2.62. The highest BCUT2D eigenvalue weighted by molar-refractivity contribution is 5.91. The number of ether oxygens (including phenoxy) is 1. The molecule has 2 bridgehead atoms. The van der Waals surface area contributed by atoms with Crippen LogP contribution in [0.25, 0.3) is 6.08 Å². The van der Waals surface area contributed by atoms with Gasteiger partial charge in [-0.15, -0.1) is 0 Å². The number of rotatable bonds is 3. The van der Waals surface area contributed by atoms with E-state index in [1.807, 2.05) is 6.07 Å². The first-order valence-electron chi connectivity index (χ1n) is 10.9. The number of carbonyl (C=O) groups is 1. The second kappa shape index (κ2) is 6.37. The van der Waals surface area contributed by atoms with E-state index in [0.717, 1.165) is 23.2 Å². The number of hydrogen-bond donors (Lipinski definition) is 3. The average molecular weight is 422 g/mol. The summed E-state index contributed by atoms with van der Waals surface area (Å²) in [6, 6.07) is 5.16. The molecule has 0 radical (unpaired) electrons. The lowest BCUT2D eigenvalue weighted by Crippen LogP contribution is -2.77. The van der Waals surface area contributed by atoms with Crippen molar-refractivity contribution in [3.63, 3.8) is 0 Å². The van der Waals surface area contributed by atoms with Crippen LogP contribution in [0.5, 0.6) is 11.5 Å². The first-order chi connectivity index (χ1) is 15.0. The van der Waals surface area contributed by atoms with Crippen LogP contribution in [0.4, 0.5) is 0 Å². The number of likely N-dealkylation sites (N-methyl/N-ethyl adjacent to an activating group) is 1. The fourth-order valence-electron chi connectivity index (χ4n) is 6.63. The summed E-state index contributed by atoms with van der Waals surface area (Å²) in [6.45, 7) is 0.770. The minimum Gasteiger partial charge on any atom is -0.504 e. The second-order valence-corrected chi connectivity index (χ2v) is 9.29. The summed E-state index contributed by atoms with van der Waals surface area (Å²) in [4.78, 5) is 14.7. The highest BCUT2D eigenvalue weighted by Crippen LogP contribution is 2.64. The van der Waals surface area contributed by atoms with Crippen molar-refractivity contribution in [1.29, 1.82) is 0 Å². The van der Waals surface area contributed by atoms with Gasteiger partial charge < -0.3 is 29.6 Å². The summed E-state index contributed by atoms with van der Waals surface area (Å²) in [5.41, 5.74) is 1.31. The smallest absolute Gasteiger partial charge is 0.246 e. The molecule has 6 rings (SSSR count). The fraction of sp³-hybridized carbons (Fsp3) is 0.458. The van der Waals surface area contributed by atoms with Crippen LogP contribution in [0.15, 0.2) is 41.2 Å². The summed E-state index contributed by atoms with van der Waals surface area (Å²) in [5, 5.41) is 26.1. The molecule has 2 aliphatic carbocycles. The molecular weight excluding hydrogens is 396 g/mol. The number of nitrogens with zero attached hydrogens (tertiary/aromatic N) is 1. The Labute approximate surface area is 180 Å². The Morgan fingerprint density at radius 2 is 2.19 bits per heavy atom. The maximum absolute atomic E-state index is 13.0. The zero-order valence-corrected chi connectivity index (χ0v) is 17.4. The quantitative estimate of drug-likeness (QED) is 0.655. The number of aliphatic hydroxyl groups is 1. The number of nitrogens with one attached hydrogen (secondary N) is 1. The molecule has 3 heterocycles. The van der Waals surface area contributed by atoms with Crippen molar-refractivity contribution in [3.05, 3.63) is 53.5 Å². The maximum atomic E-state index is 13.0. The van der Waals surface area contributed by atoms with Gasteiger partial charge in [-0.1, -0.05) is 6.07 Å². The molecule has 1 aromatic carbocycles. The Kier molecular flexibility index (Phi) is 3.90. The fourth-order valence-corrected chi connectivity index (χ4v) is 6.63. The van der Waals surface area contributed by atoms with E-state index in [4.69, 9.17) is 9.15 Å². The van der Waals surface area contributed by atoms with Gasteiger partial charge in [0.05, 0.1) is 29.6 Å². The number of phenolic OH excluding ortho intramolecular Hbond substituents is 1. The Morgan fingerprint density at radius 3 is 3.00 bits per heavy atom. The number of amides is 1. The molecule has 2 aromatic rings. The van der Waals surface area contributed by atoms with Gasteiger partial charge in [0.15, 0.2) is 11.5 Å². The van der Waals surface area contributed by atoms with Crippen molar-refractivity contribution < 1.29 is 24.2 Å². The van der Waals surface area contributed by atoms with Gasteiger partial charge in [0.2, 0.25) is 5.91 Å². The van der Waals surface area contributed by atoms with Gasteiger partial charge in [-0.3, -0.25) is 4.79 Å². The molecule has 2 fully saturated rings. The minimum absolute atomic E-state index is 0.0571. The molecule has 1 amide bonds. The average Bonchev–Trinajstić information content (AvgIpc) is 3.38. The van der Waals surface area contributed by atoms with Gasteiger partial charge in [-0.05, 0) is 56.0 Å². The number of phenols is 1. The Morgan fingerprint density at radius 1 is 1.32 bits per heavy atom. The number of piperidine rings is 1. The zero-order chi connectivity index (χ0) is 21.4. The molecule has 162 valence electrons. The van der Waals surface area contributed by atoms with Gasteiger partial charge >= 0.3 is 0 Å². The normalized spacial score (nSPS) is 35.0. The summed E-state index contributed by atoms with van der Waals surface area (Å²) in [6.07, 6.45) is 8.65. The SMILES string of the molecule is CN(C(=O)C=Cc1ccoc1)[C@@H]1CC[C@@]2(O)[C@H]3Cc4ccc(O)c5c4[C@@]2(CCN3)[C@H]1O5. The minimum atomic E-state index is -0.963. The molecule has 5 atom stereocenters. The summed E-state index contributed by atoms with van der Waals surface area (Å²) < 4.78 is 11.5. The highest BCUT2D eigenvalue weighted by atomic mass is 16.5. The zero-order valence-electron chi connectivity index (χ0n) is 17.4. The summed E-state index contributed by atoms with van der Waals surface area (Å²) >= 11 is 0. The predicted octanol–water partition coefficient (Wildman–Crippen LogP) is 1.97. The molecule has 2 aliphatic heterocycles. The molecule has 7 nitrogen and oxygen atoms in total. The van der Waals surface area contributed by atoms with Gasteiger partial charge in [0, 0.05) is 30.3 Å². The third kappa shape index (κ3) is 2.33. The van der Waals surface area contributed by atoms with Crippen molar-refractivity contribution >= 4 is 12.0 Å². The van der Waals surface area contributed by atoms with Crippen LogP contribution in [0, 0.1) is 0 Å². The van der Waals surface area contributed by atoms with E-state index in [1.54, 1.807) is 48.8 Å². The van der Waals surface area contributed by atoms with Crippen LogP contribution >= 0.6 is 0 Å². The maximum Gasteiger partial charge on any atom is 0.246 e. The predicted molar refractivity (Wildman–Crippen MR) is 113 cm³/mol. The lowest BCUT2D eigenvalue weighted by molar-refractivity contribution is -0.171. The van der Waals surface area contributed by atoms with Crippen molar-refractivity contribution in [2.45, 2.75) is 54.9 Å². The molecule has 7 heteroatoms. The van der Waals surface area contributed by atoms with Crippen LogP contribution in [0.1, 0.15) is 36.0 Å². The molecule has 1 spiro atoms. The van der Waals surface area contributed by atoms with Crippen LogP contribution < -0.4 is 10.1 Å². The van der Waals surface area contributed by atoms with Gasteiger partial charge in [-0.2, -0.15) is 0 Å². The molecule has 3 N–H and O–H groups in total. The van der Waals surface area contributed by atoms with Gasteiger partial charge in [0.25, 0.3) is 0 Å². The van der Waals surface area contributed by atoms with Crippen molar-refractivity contribution in [2.24, 2.45) is 0 Å². The van der Waals surface area contributed by atoms with Gasteiger partial charge in [0.1, 0.15) is 6.10 Å². The standard InChI is InChI=1S/C24H26N2O5/c1-26(19(28)5-2-14-7-11-30-13-14)16-6-8-24(29)18-12-15-3-4-17(27)21-20(15)23(24,9-10-25-18)22(16)31-21/h2-5,7,11,13,16,18,22,25,27,29H,6,8-10,12H2,1H3/t16-,18-,22+,23+,24-/m1/s1. The summed E-state index contributed by atoms with van der Waals surface area (Å²) in [7, 11) is 1.79. The Balaban J connectivity index is 1.41. The number of carbonyl (C=O) groups excluding carboxylic acids is 1. The van der Waals surface area contributed by atoms with E-state index in [0.29, 0.717) is 31.4 Å². The van der Waals surface area contributed by atoms with Crippen LogP contribution in [-0.2, 0) is 16.6 Å². The van der Waals surface area contributed by atoms with Gasteiger partial charge in [-0.25, -0.2) is 0 Å². The molecule has 1 aromatic heterocycles. The Bertz CT molecular complexity index is 1080. The lowest BCUT2D eigenvalue weighted by atomic mass is 9.48. The molecule has 4 aliphatic rings. The molecular formula is C24H26N2O5. The topological polar surface area (TPSA) is 95.2 Å². The highest BCUT2D eigenvalue weighted by Gasteiger charge is 2.72. The van der Waals surface area contributed by atoms with Crippen LogP contribution in [0.3, 0.4) is 0 Å². The number of furan rings is 1. The van der Waals surface area contributed by atoms with Crippen molar-refractivity contribution in [2.75, 3.05) is 13.6 Å². The third-order valence-corrected chi connectivity index (χ3v) is 8.06. The molecule has 0 unspecified atom stereocenters. The van der Waals surface area contributed by atoms with E-state index in [2.05, 4.69) is 5.32 Å². The van der Waals surface area contributed by atoms with E-state index in [9.17, 15) is 15.0 Å². The molecule has 1 saturated carbocycles. The van der Waals surface area contributed by atoms with E-state index in [1.165, 1.54) is 0 Å². The first-order valence-corrected chi connectivity index (χ1v) is 10.9. The monoisotopic (exact) mass is 422 g/mol. The van der Waals surface area contributed by atoms with Crippen LogP contribution in [-0.4, -0.2) is 58.4 Å². The van der Waals surface area contributed by atoms with E-state index >= 15 is 0 Å². The number of benzene rings is 1. The Hall–Kier alpha value is -2.77.